The number of H-pyrrole nitrogens is 1. The number of nitrogens with zero attached hydrogens (tertiary/aromatic N) is 1. The van der Waals surface area contributed by atoms with E-state index in [0.717, 1.165) is 5.56 Å². The number of hydrogen-bond acceptors (Lipinski definition) is 2. The Labute approximate surface area is 108 Å². The standard InChI is InChI=1S/C11H9Cl2N3O/c1-6-2-4-7(5-3-6)14-11(17)10-15-8(12)9(13)16-10/h2-5H,1H3,(H,14,17)(H,15,16). The first-order valence-corrected chi connectivity index (χ1v) is 5.61. The van der Waals surface area contributed by atoms with E-state index in [2.05, 4.69) is 15.3 Å². The first-order chi connectivity index (χ1) is 8.06. The lowest BCUT2D eigenvalue weighted by Gasteiger charge is -2.02. The van der Waals surface area contributed by atoms with Gasteiger partial charge in [0, 0.05) is 5.69 Å². The molecule has 1 amide bonds. The van der Waals surface area contributed by atoms with Crippen molar-refractivity contribution in [3.63, 3.8) is 0 Å². The molecule has 0 aliphatic heterocycles. The van der Waals surface area contributed by atoms with Crippen LogP contribution in [0.15, 0.2) is 24.3 Å². The van der Waals surface area contributed by atoms with Crippen LogP contribution in [0.1, 0.15) is 16.2 Å². The highest BCUT2D eigenvalue weighted by Crippen LogP contribution is 2.18. The van der Waals surface area contributed by atoms with Crippen LogP contribution >= 0.6 is 23.2 Å². The number of carbonyl (C=O) groups excluding carboxylic acids is 1. The van der Waals surface area contributed by atoms with Gasteiger partial charge >= 0.3 is 0 Å². The van der Waals surface area contributed by atoms with Crippen LogP contribution in [0, 0.1) is 6.92 Å². The first kappa shape index (κ1) is 12.0. The lowest BCUT2D eigenvalue weighted by Crippen LogP contribution is -2.13. The number of benzene rings is 1. The van der Waals surface area contributed by atoms with Crippen LogP contribution in [0.3, 0.4) is 0 Å². The topological polar surface area (TPSA) is 57.8 Å². The summed E-state index contributed by atoms with van der Waals surface area (Å²) in [5.74, 6) is -0.303. The van der Waals surface area contributed by atoms with Crippen molar-refractivity contribution in [1.82, 2.24) is 9.97 Å². The Balaban J connectivity index is 2.14. The maximum atomic E-state index is 11.7. The molecule has 2 N–H and O–H groups in total. The molecule has 0 spiro atoms. The minimum absolute atomic E-state index is 0.0839. The van der Waals surface area contributed by atoms with E-state index in [-0.39, 0.29) is 22.0 Å². The molecule has 2 rings (SSSR count). The molecule has 0 fully saturated rings. The number of halogens is 2. The van der Waals surface area contributed by atoms with Gasteiger partial charge in [0.2, 0.25) is 0 Å². The molecule has 6 heteroatoms. The Bertz CT molecular complexity index is 529. The van der Waals surface area contributed by atoms with Crippen LogP contribution in [-0.2, 0) is 0 Å². The summed E-state index contributed by atoms with van der Waals surface area (Å²) in [6.45, 7) is 1.97. The molecular weight excluding hydrogens is 261 g/mol. The third-order valence-electron chi connectivity index (χ3n) is 2.14. The molecule has 88 valence electrons. The molecule has 0 saturated carbocycles. The summed E-state index contributed by atoms with van der Waals surface area (Å²) in [5.41, 5.74) is 1.80. The summed E-state index contributed by atoms with van der Waals surface area (Å²) >= 11 is 11.3. The van der Waals surface area contributed by atoms with Crippen LogP contribution in [0.5, 0.6) is 0 Å². The number of anilines is 1. The second-order valence-corrected chi connectivity index (χ2v) is 4.25. The third-order valence-corrected chi connectivity index (χ3v) is 2.79. The van der Waals surface area contributed by atoms with Crippen molar-refractivity contribution in [2.24, 2.45) is 0 Å². The molecule has 0 bridgehead atoms. The number of amides is 1. The lowest BCUT2D eigenvalue weighted by molar-refractivity contribution is 0.101. The second kappa shape index (κ2) is 4.77. The fourth-order valence-corrected chi connectivity index (χ4v) is 1.53. The van der Waals surface area contributed by atoms with Crippen molar-refractivity contribution in [3.05, 3.63) is 46.0 Å². The summed E-state index contributed by atoms with van der Waals surface area (Å²) in [7, 11) is 0. The molecular formula is C11H9Cl2N3O. The zero-order chi connectivity index (χ0) is 12.4. The van der Waals surface area contributed by atoms with E-state index in [1.165, 1.54) is 0 Å². The van der Waals surface area contributed by atoms with Crippen molar-refractivity contribution in [1.29, 1.82) is 0 Å². The highest BCUT2D eigenvalue weighted by atomic mass is 35.5. The first-order valence-electron chi connectivity index (χ1n) is 4.85. The van der Waals surface area contributed by atoms with Crippen molar-refractivity contribution in [2.75, 3.05) is 5.32 Å². The van der Waals surface area contributed by atoms with Crippen molar-refractivity contribution in [3.8, 4) is 0 Å². The number of aromatic nitrogens is 2. The number of rotatable bonds is 2. The van der Waals surface area contributed by atoms with Gasteiger partial charge in [-0.25, -0.2) is 4.98 Å². The van der Waals surface area contributed by atoms with Gasteiger partial charge < -0.3 is 10.3 Å². The third kappa shape index (κ3) is 2.78. The summed E-state index contributed by atoms with van der Waals surface area (Å²) in [6, 6.07) is 7.41. The summed E-state index contributed by atoms with van der Waals surface area (Å²) in [5, 5.41) is 2.91. The molecule has 0 saturated heterocycles. The molecule has 0 radical (unpaired) electrons. The zero-order valence-electron chi connectivity index (χ0n) is 8.92. The van der Waals surface area contributed by atoms with Crippen molar-refractivity contribution in [2.45, 2.75) is 6.92 Å². The molecule has 1 heterocycles. The molecule has 1 aromatic heterocycles. The average molecular weight is 270 g/mol. The number of imidazole rings is 1. The van der Waals surface area contributed by atoms with Crippen LogP contribution in [0.4, 0.5) is 5.69 Å². The Kier molecular flexibility index (Phi) is 3.36. The molecule has 1 aromatic carbocycles. The molecule has 4 nitrogen and oxygen atoms in total. The van der Waals surface area contributed by atoms with Gasteiger partial charge in [0.25, 0.3) is 5.91 Å². The number of aromatic amines is 1. The number of aryl methyl sites for hydroxylation is 1. The predicted octanol–water partition coefficient (Wildman–Crippen LogP) is 3.28. The van der Waals surface area contributed by atoms with E-state index < -0.39 is 0 Å². The van der Waals surface area contributed by atoms with E-state index in [1.807, 2.05) is 19.1 Å². The number of hydrogen-bond donors (Lipinski definition) is 2. The van der Waals surface area contributed by atoms with E-state index >= 15 is 0 Å². The maximum Gasteiger partial charge on any atom is 0.291 e. The highest BCUT2D eigenvalue weighted by molar-refractivity contribution is 6.40. The summed E-state index contributed by atoms with van der Waals surface area (Å²) in [6.07, 6.45) is 0. The fourth-order valence-electron chi connectivity index (χ4n) is 1.27. The Morgan fingerprint density at radius 3 is 2.47 bits per heavy atom. The molecule has 0 aliphatic rings. The largest absolute Gasteiger partial charge is 0.324 e. The SMILES string of the molecule is Cc1ccc(NC(=O)c2nc(Cl)c(Cl)[nH]2)cc1. The maximum absolute atomic E-state index is 11.7. The van der Waals surface area contributed by atoms with Gasteiger partial charge in [-0.1, -0.05) is 40.9 Å². The fraction of sp³-hybridized carbons (Fsp3) is 0.0909. The smallest absolute Gasteiger partial charge is 0.291 e. The minimum Gasteiger partial charge on any atom is -0.324 e. The second-order valence-electron chi connectivity index (χ2n) is 3.51. The van der Waals surface area contributed by atoms with E-state index in [4.69, 9.17) is 23.2 Å². The van der Waals surface area contributed by atoms with Gasteiger partial charge in [-0.15, -0.1) is 0 Å². The van der Waals surface area contributed by atoms with Gasteiger partial charge in [0.1, 0.15) is 5.15 Å². The average Bonchev–Trinajstić information content (AvgIpc) is 2.63. The van der Waals surface area contributed by atoms with Crippen LogP contribution in [0.25, 0.3) is 0 Å². The Hall–Kier alpha value is -1.52. The zero-order valence-corrected chi connectivity index (χ0v) is 10.4. The Morgan fingerprint density at radius 2 is 1.94 bits per heavy atom. The number of nitrogens with one attached hydrogen (secondary N) is 2. The highest BCUT2D eigenvalue weighted by Gasteiger charge is 2.13. The molecule has 0 atom stereocenters. The molecule has 0 unspecified atom stereocenters. The molecule has 0 aliphatic carbocycles. The van der Waals surface area contributed by atoms with Crippen molar-refractivity contribution >= 4 is 34.8 Å². The molecule has 17 heavy (non-hydrogen) atoms. The van der Waals surface area contributed by atoms with E-state index in [9.17, 15) is 4.79 Å². The lowest BCUT2D eigenvalue weighted by atomic mass is 10.2. The predicted molar refractivity (Wildman–Crippen MR) is 67.7 cm³/mol. The van der Waals surface area contributed by atoms with E-state index in [1.54, 1.807) is 12.1 Å². The van der Waals surface area contributed by atoms with Gasteiger partial charge in [-0.3, -0.25) is 4.79 Å². The van der Waals surface area contributed by atoms with Gasteiger partial charge in [-0.05, 0) is 19.1 Å². The Morgan fingerprint density at radius 1 is 1.29 bits per heavy atom. The monoisotopic (exact) mass is 269 g/mol. The minimum atomic E-state index is -0.386. The number of carbonyl (C=O) groups is 1. The summed E-state index contributed by atoms with van der Waals surface area (Å²) in [4.78, 5) is 18.1. The molecule has 2 aromatic rings. The summed E-state index contributed by atoms with van der Waals surface area (Å²) < 4.78 is 0. The quantitative estimate of drug-likeness (QED) is 0.879. The van der Waals surface area contributed by atoms with Crippen LogP contribution in [-0.4, -0.2) is 15.9 Å². The van der Waals surface area contributed by atoms with Gasteiger partial charge in [0.15, 0.2) is 11.0 Å². The van der Waals surface area contributed by atoms with Crippen LogP contribution in [0.2, 0.25) is 10.3 Å². The normalized spacial score (nSPS) is 10.3. The van der Waals surface area contributed by atoms with Gasteiger partial charge in [-0.2, -0.15) is 0 Å². The van der Waals surface area contributed by atoms with Crippen molar-refractivity contribution < 1.29 is 4.79 Å². The van der Waals surface area contributed by atoms with Gasteiger partial charge in [0.05, 0.1) is 0 Å². The van der Waals surface area contributed by atoms with Crippen LogP contribution < -0.4 is 5.32 Å². The van der Waals surface area contributed by atoms with E-state index in [0.29, 0.717) is 5.69 Å².